The standard InChI is InChI=1S/C39H39O6P/c40-46(35-24-14-5-15-25-35)39(44-29-34-22-12-4-13-23-34)38(43-28-33-20-10-3-11-21-33)37(42-27-32-18-8-2-9-19-32)36(45-46)30-41-26-31-16-6-1-7-17-31/h1-25,36-39H,26-30H2/t36-,37-,38+,39+,46+/m1/s1. The highest BCUT2D eigenvalue weighted by atomic mass is 31.2. The maximum atomic E-state index is 15.3. The average Bonchev–Trinajstić information content (AvgIpc) is 3.12. The third-order valence-electron chi connectivity index (χ3n) is 7.94. The van der Waals surface area contributed by atoms with Crippen LogP contribution in [-0.4, -0.2) is 30.8 Å². The molecule has 0 bridgehead atoms. The summed E-state index contributed by atoms with van der Waals surface area (Å²) in [7, 11) is -3.70. The van der Waals surface area contributed by atoms with Gasteiger partial charge in [0.2, 0.25) is 0 Å². The van der Waals surface area contributed by atoms with E-state index in [0.29, 0.717) is 18.5 Å². The summed E-state index contributed by atoms with van der Waals surface area (Å²) in [4.78, 5) is 0. The molecule has 5 aromatic rings. The lowest BCUT2D eigenvalue weighted by atomic mass is 10.1. The fraction of sp³-hybridized carbons (Fsp3) is 0.231. The predicted molar refractivity (Wildman–Crippen MR) is 180 cm³/mol. The van der Waals surface area contributed by atoms with Crippen molar-refractivity contribution >= 4 is 12.7 Å². The lowest BCUT2D eigenvalue weighted by Gasteiger charge is -2.46. The topological polar surface area (TPSA) is 63.2 Å². The lowest BCUT2D eigenvalue weighted by Crippen LogP contribution is -2.56. The molecule has 0 unspecified atom stereocenters. The lowest BCUT2D eigenvalue weighted by molar-refractivity contribution is -0.184. The van der Waals surface area contributed by atoms with E-state index < -0.39 is 31.5 Å². The molecule has 0 spiro atoms. The van der Waals surface area contributed by atoms with E-state index in [0.717, 1.165) is 22.3 Å². The molecule has 0 radical (unpaired) electrons. The summed E-state index contributed by atoms with van der Waals surface area (Å²) in [6.45, 7) is 1.37. The predicted octanol–water partition coefficient (Wildman–Crippen LogP) is 7.92. The van der Waals surface area contributed by atoms with Crippen LogP contribution < -0.4 is 5.30 Å². The van der Waals surface area contributed by atoms with Crippen LogP contribution in [0, 0.1) is 0 Å². The number of hydrogen-bond donors (Lipinski definition) is 0. The van der Waals surface area contributed by atoms with Crippen LogP contribution in [0.5, 0.6) is 0 Å². The van der Waals surface area contributed by atoms with E-state index in [1.807, 2.05) is 152 Å². The van der Waals surface area contributed by atoms with Crippen LogP contribution in [0.2, 0.25) is 0 Å². The number of rotatable bonds is 14. The molecule has 0 aliphatic carbocycles. The molecule has 5 aromatic carbocycles. The minimum absolute atomic E-state index is 0.155. The second-order valence-electron chi connectivity index (χ2n) is 11.3. The van der Waals surface area contributed by atoms with Gasteiger partial charge in [-0.05, 0) is 34.4 Å². The normalized spacial score (nSPS) is 22.8. The Labute approximate surface area is 271 Å². The van der Waals surface area contributed by atoms with Crippen molar-refractivity contribution in [1.29, 1.82) is 0 Å². The molecule has 5 atom stereocenters. The van der Waals surface area contributed by atoms with E-state index in [1.54, 1.807) is 0 Å². The first-order valence-electron chi connectivity index (χ1n) is 15.6. The van der Waals surface area contributed by atoms with E-state index in [-0.39, 0.29) is 19.8 Å². The van der Waals surface area contributed by atoms with Gasteiger partial charge in [0, 0.05) is 5.30 Å². The van der Waals surface area contributed by atoms with Crippen LogP contribution in [0.25, 0.3) is 0 Å². The Morgan fingerprint density at radius 3 is 1.35 bits per heavy atom. The van der Waals surface area contributed by atoms with Crippen LogP contribution in [-0.2, 0) is 54.5 Å². The Morgan fingerprint density at radius 1 is 0.478 bits per heavy atom. The fourth-order valence-electron chi connectivity index (χ4n) is 5.59. The summed E-state index contributed by atoms with van der Waals surface area (Å²) in [6.07, 6.45) is -2.08. The molecule has 6 nitrogen and oxygen atoms in total. The number of ether oxygens (including phenoxy) is 4. The van der Waals surface area contributed by atoms with Crippen LogP contribution in [0.15, 0.2) is 152 Å². The first-order valence-corrected chi connectivity index (χ1v) is 17.3. The zero-order chi connectivity index (χ0) is 31.4. The zero-order valence-electron chi connectivity index (χ0n) is 25.7. The Hall–Kier alpha value is -3.87. The quantitative estimate of drug-likeness (QED) is 0.116. The molecule has 1 heterocycles. The second kappa shape index (κ2) is 16.1. The van der Waals surface area contributed by atoms with Crippen molar-refractivity contribution in [1.82, 2.24) is 0 Å². The molecule has 1 aliphatic heterocycles. The van der Waals surface area contributed by atoms with Gasteiger partial charge in [0.15, 0.2) is 5.85 Å². The van der Waals surface area contributed by atoms with Crippen LogP contribution >= 0.6 is 7.37 Å². The molecule has 0 N–H and O–H groups in total. The third-order valence-corrected chi connectivity index (χ3v) is 10.7. The fourth-order valence-corrected chi connectivity index (χ4v) is 8.21. The van der Waals surface area contributed by atoms with E-state index in [1.165, 1.54) is 0 Å². The third kappa shape index (κ3) is 8.28. The summed E-state index contributed by atoms with van der Waals surface area (Å²) in [5, 5.41) is 0.566. The highest BCUT2D eigenvalue weighted by molar-refractivity contribution is 7.67. The van der Waals surface area contributed by atoms with Gasteiger partial charge < -0.3 is 23.5 Å². The first kappa shape index (κ1) is 32.1. The maximum absolute atomic E-state index is 15.3. The Kier molecular flexibility index (Phi) is 11.2. The molecular weight excluding hydrogens is 595 g/mol. The van der Waals surface area contributed by atoms with Gasteiger partial charge in [-0.2, -0.15) is 0 Å². The largest absolute Gasteiger partial charge is 0.374 e. The monoisotopic (exact) mass is 634 g/mol. The summed E-state index contributed by atoms with van der Waals surface area (Å²) in [5.74, 6) is -0.940. The molecule has 1 fully saturated rings. The molecule has 1 saturated heterocycles. The van der Waals surface area contributed by atoms with Gasteiger partial charge in [-0.3, -0.25) is 4.57 Å². The van der Waals surface area contributed by atoms with Gasteiger partial charge in [-0.25, -0.2) is 0 Å². The van der Waals surface area contributed by atoms with Crippen molar-refractivity contribution < 1.29 is 28.0 Å². The van der Waals surface area contributed by atoms with Crippen LogP contribution in [0.1, 0.15) is 22.3 Å². The molecule has 7 heteroatoms. The smallest absolute Gasteiger partial charge is 0.263 e. The molecular formula is C39H39O6P. The van der Waals surface area contributed by atoms with Gasteiger partial charge in [0.05, 0.1) is 33.0 Å². The van der Waals surface area contributed by atoms with Crippen molar-refractivity contribution in [3.63, 3.8) is 0 Å². The van der Waals surface area contributed by atoms with E-state index in [9.17, 15) is 0 Å². The van der Waals surface area contributed by atoms with Gasteiger partial charge >= 0.3 is 0 Å². The average molecular weight is 635 g/mol. The van der Waals surface area contributed by atoms with Crippen molar-refractivity contribution in [2.24, 2.45) is 0 Å². The highest BCUT2D eigenvalue weighted by Crippen LogP contribution is 2.58. The van der Waals surface area contributed by atoms with Crippen LogP contribution in [0.3, 0.4) is 0 Å². The molecule has 0 amide bonds. The molecule has 1 aliphatic rings. The molecule has 236 valence electrons. The van der Waals surface area contributed by atoms with Crippen molar-refractivity contribution in [2.75, 3.05) is 6.61 Å². The Bertz CT molecular complexity index is 1640. The summed E-state index contributed by atoms with van der Waals surface area (Å²) in [5.41, 5.74) is 3.99. The Morgan fingerprint density at radius 2 is 0.870 bits per heavy atom. The number of hydrogen-bond acceptors (Lipinski definition) is 6. The highest BCUT2D eigenvalue weighted by Gasteiger charge is 2.55. The SMILES string of the molecule is O=[P@@]1(c2ccccc2)O[C@H](COCc2ccccc2)[C@@H](OCc2ccccc2)[C@H](OCc2ccccc2)[C@H]1OCc1ccccc1. The minimum Gasteiger partial charge on any atom is -0.374 e. The zero-order valence-corrected chi connectivity index (χ0v) is 26.6. The van der Waals surface area contributed by atoms with E-state index in [4.69, 9.17) is 23.5 Å². The van der Waals surface area contributed by atoms with Crippen LogP contribution in [0.4, 0.5) is 0 Å². The minimum atomic E-state index is -3.70. The van der Waals surface area contributed by atoms with Gasteiger partial charge in [-0.15, -0.1) is 0 Å². The second-order valence-corrected chi connectivity index (χ2v) is 13.7. The number of benzene rings is 5. The first-order chi connectivity index (χ1) is 22.7. The van der Waals surface area contributed by atoms with Crippen molar-refractivity contribution in [3.8, 4) is 0 Å². The molecule has 46 heavy (non-hydrogen) atoms. The van der Waals surface area contributed by atoms with Gasteiger partial charge in [0.25, 0.3) is 7.37 Å². The summed E-state index contributed by atoms with van der Waals surface area (Å²) < 4.78 is 48.2. The Balaban J connectivity index is 1.36. The molecule has 0 aromatic heterocycles. The van der Waals surface area contributed by atoms with E-state index in [2.05, 4.69) is 0 Å². The maximum Gasteiger partial charge on any atom is 0.263 e. The molecule has 6 rings (SSSR count). The molecule has 0 saturated carbocycles. The summed E-state index contributed by atoms with van der Waals surface area (Å²) >= 11 is 0. The van der Waals surface area contributed by atoms with E-state index >= 15 is 4.57 Å². The summed E-state index contributed by atoms with van der Waals surface area (Å²) in [6, 6.07) is 49.0. The van der Waals surface area contributed by atoms with Crippen molar-refractivity contribution in [2.45, 2.75) is 50.6 Å². The van der Waals surface area contributed by atoms with Crippen molar-refractivity contribution in [3.05, 3.63) is 174 Å². The van der Waals surface area contributed by atoms with Gasteiger partial charge in [0.1, 0.15) is 18.3 Å². The van der Waals surface area contributed by atoms with Gasteiger partial charge in [-0.1, -0.05) is 140 Å².